The van der Waals surface area contributed by atoms with E-state index in [1.54, 1.807) is 18.2 Å². The average molecular weight is 342 g/mol. The minimum atomic E-state index is -0.733. The zero-order valence-corrected chi connectivity index (χ0v) is 13.4. The molecule has 6 nitrogen and oxygen atoms in total. The molecule has 0 aliphatic rings. The standard InChI is InChI=1S/C17H12ClN3O3/c1-11-2-4-12(5-3-11)8-13(10-19)17(22)20-15-7-6-14(18)9-16(15)21(23)24/h2-9H,1H3,(H,20,22). The van der Waals surface area contributed by atoms with E-state index in [1.165, 1.54) is 18.2 Å². The van der Waals surface area contributed by atoms with Crippen LogP contribution in [0.4, 0.5) is 11.4 Å². The predicted molar refractivity (Wildman–Crippen MR) is 91.5 cm³/mol. The zero-order valence-electron chi connectivity index (χ0n) is 12.6. The molecule has 2 rings (SSSR count). The lowest BCUT2D eigenvalue weighted by Crippen LogP contribution is -2.14. The minimum Gasteiger partial charge on any atom is -0.316 e. The Bertz CT molecular complexity index is 868. The molecular weight excluding hydrogens is 330 g/mol. The van der Waals surface area contributed by atoms with E-state index in [4.69, 9.17) is 11.6 Å². The number of nitrogens with one attached hydrogen (secondary N) is 1. The largest absolute Gasteiger partial charge is 0.316 e. The number of nitro groups is 1. The third kappa shape index (κ3) is 4.18. The number of halogens is 1. The number of hydrogen-bond donors (Lipinski definition) is 1. The van der Waals surface area contributed by atoms with E-state index in [1.807, 2.05) is 19.1 Å². The Hall–Kier alpha value is -3.17. The van der Waals surface area contributed by atoms with Crippen molar-refractivity contribution >= 4 is 35.0 Å². The molecule has 0 spiro atoms. The number of benzene rings is 2. The van der Waals surface area contributed by atoms with Crippen LogP contribution < -0.4 is 5.32 Å². The van der Waals surface area contributed by atoms with Gasteiger partial charge in [-0.05, 0) is 30.7 Å². The molecule has 7 heteroatoms. The number of nitriles is 1. The summed E-state index contributed by atoms with van der Waals surface area (Å²) in [6.45, 7) is 1.92. The van der Waals surface area contributed by atoms with E-state index in [0.29, 0.717) is 5.56 Å². The summed E-state index contributed by atoms with van der Waals surface area (Å²) in [5.41, 5.74) is 1.19. The van der Waals surface area contributed by atoms with Gasteiger partial charge in [-0.1, -0.05) is 41.4 Å². The molecule has 0 heterocycles. The first-order valence-electron chi connectivity index (χ1n) is 6.84. The summed E-state index contributed by atoms with van der Waals surface area (Å²) in [4.78, 5) is 22.6. The molecular formula is C17H12ClN3O3. The Kier molecular flexibility index (Phi) is 5.30. The summed E-state index contributed by atoms with van der Waals surface area (Å²) in [7, 11) is 0. The van der Waals surface area contributed by atoms with Gasteiger partial charge in [0.2, 0.25) is 0 Å². The van der Waals surface area contributed by atoms with Gasteiger partial charge in [-0.2, -0.15) is 5.26 Å². The summed E-state index contributed by atoms with van der Waals surface area (Å²) in [6.07, 6.45) is 1.41. The fourth-order valence-corrected chi connectivity index (χ4v) is 2.10. The van der Waals surface area contributed by atoms with Crippen molar-refractivity contribution in [2.45, 2.75) is 6.92 Å². The van der Waals surface area contributed by atoms with Crippen molar-refractivity contribution in [1.29, 1.82) is 5.26 Å². The molecule has 0 saturated carbocycles. The van der Waals surface area contributed by atoms with Gasteiger partial charge >= 0.3 is 0 Å². The highest BCUT2D eigenvalue weighted by atomic mass is 35.5. The predicted octanol–water partition coefficient (Wildman–Crippen LogP) is 4.10. The van der Waals surface area contributed by atoms with E-state index in [0.717, 1.165) is 11.6 Å². The molecule has 0 fully saturated rings. The second kappa shape index (κ2) is 7.40. The Morgan fingerprint density at radius 2 is 1.96 bits per heavy atom. The lowest BCUT2D eigenvalue weighted by Gasteiger charge is -2.06. The molecule has 0 aliphatic carbocycles. The summed E-state index contributed by atoms with van der Waals surface area (Å²) in [5, 5.41) is 22.8. The summed E-state index contributed by atoms with van der Waals surface area (Å²) in [6, 6.07) is 12.9. The summed E-state index contributed by atoms with van der Waals surface area (Å²) in [5.74, 6) is -0.733. The molecule has 0 aliphatic heterocycles. The van der Waals surface area contributed by atoms with Gasteiger partial charge in [-0.3, -0.25) is 14.9 Å². The highest BCUT2D eigenvalue weighted by Gasteiger charge is 2.18. The van der Waals surface area contributed by atoms with E-state index >= 15 is 0 Å². The van der Waals surface area contributed by atoms with Crippen LogP contribution in [0.15, 0.2) is 48.0 Å². The van der Waals surface area contributed by atoms with Crippen LogP contribution in [0.2, 0.25) is 5.02 Å². The maximum atomic E-state index is 12.2. The second-order valence-corrected chi connectivity index (χ2v) is 5.39. The molecule has 0 bridgehead atoms. The first kappa shape index (κ1) is 17.2. The smallest absolute Gasteiger partial charge is 0.294 e. The van der Waals surface area contributed by atoms with E-state index < -0.39 is 10.8 Å². The molecule has 0 saturated heterocycles. The monoisotopic (exact) mass is 341 g/mol. The third-order valence-electron chi connectivity index (χ3n) is 3.16. The fraction of sp³-hybridized carbons (Fsp3) is 0.0588. The number of carbonyl (C=O) groups excluding carboxylic acids is 1. The van der Waals surface area contributed by atoms with E-state index in [9.17, 15) is 20.2 Å². The maximum Gasteiger partial charge on any atom is 0.294 e. The highest BCUT2D eigenvalue weighted by Crippen LogP contribution is 2.28. The van der Waals surface area contributed by atoms with Gasteiger partial charge in [-0.25, -0.2) is 0 Å². The van der Waals surface area contributed by atoms with Crippen molar-refractivity contribution < 1.29 is 9.72 Å². The summed E-state index contributed by atoms with van der Waals surface area (Å²) < 4.78 is 0. The molecule has 24 heavy (non-hydrogen) atoms. The lowest BCUT2D eigenvalue weighted by atomic mass is 10.1. The first-order chi connectivity index (χ1) is 11.4. The van der Waals surface area contributed by atoms with Gasteiger partial charge in [0.25, 0.3) is 11.6 Å². The number of aryl methyl sites for hydroxylation is 1. The highest BCUT2D eigenvalue weighted by molar-refractivity contribution is 6.31. The molecule has 0 unspecified atom stereocenters. The molecule has 2 aromatic carbocycles. The van der Waals surface area contributed by atoms with Gasteiger partial charge in [-0.15, -0.1) is 0 Å². The Balaban J connectivity index is 2.29. The van der Waals surface area contributed by atoms with Crippen LogP contribution >= 0.6 is 11.6 Å². The quantitative estimate of drug-likeness (QED) is 0.392. The lowest BCUT2D eigenvalue weighted by molar-refractivity contribution is -0.383. The SMILES string of the molecule is Cc1ccc(C=C(C#N)C(=O)Nc2ccc(Cl)cc2[N+](=O)[O-])cc1. The van der Waals surface area contributed by atoms with Crippen LogP contribution in [0, 0.1) is 28.4 Å². The first-order valence-corrected chi connectivity index (χ1v) is 7.22. The van der Waals surface area contributed by atoms with Gasteiger partial charge < -0.3 is 5.32 Å². The molecule has 0 aromatic heterocycles. The van der Waals surface area contributed by atoms with Gasteiger partial charge in [0.05, 0.1) is 4.92 Å². The fourth-order valence-electron chi connectivity index (χ4n) is 1.93. The van der Waals surface area contributed by atoms with Crippen LogP contribution in [0.5, 0.6) is 0 Å². The molecule has 0 atom stereocenters. The number of anilines is 1. The topological polar surface area (TPSA) is 96.0 Å². The third-order valence-corrected chi connectivity index (χ3v) is 3.39. The Morgan fingerprint density at radius 1 is 1.29 bits per heavy atom. The summed E-state index contributed by atoms with van der Waals surface area (Å²) >= 11 is 5.73. The minimum absolute atomic E-state index is 0.0283. The van der Waals surface area contributed by atoms with Crippen LogP contribution in [0.3, 0.4) is 0 Å². The Labute approximate surface area is 143 Å². The number of nitrogens with zero attached hydrogens (tertiary/aromatic N) is 2. The number of hydrogen-bond acceptors (Lipinski definition) is 4. The van der Waals surface area contributed by atoms with Crippen LogP contribution in [-0.4, -0.2) is 10.8 Å². The molecule has 120 valence electrons. The van der Waals surface area contributed by atoms with Crippen molar-refractivity contribution in [3.05, 3.63) is 74.3 Å². The van der Waals surface area contributed by atoms with Crippen molar-refractivity contribution in [3.8, 4) is 6.07 Å². The molecule has 1 amide bonds. The number of nitro benzene ring substituents is 1. The van der Waals surface area contributed by atoms with Crippen molar-refractivity contribution in [2.24, 2.45) is 0 Å². The normalized spacial score (nSPS) is 10.8. The maximum absolute atomic E-state index is 12.2. The number of amides is 1. The average Bonchev–Trinajstić information content (AvgIpc) is 2.55. The van der Waals surface area contributed by atoms with Gasteiger partial charge in [0, 0.05) is 11.1 Å². The van der Waals surface area contributed by atoms with Gasteiger partial charge in [0.15, 0.2) is 0 Å². The molecule has 2 aromatic rings. The van der Waals surface area contributed by atoms with Gasteiger partial charge in [0.1, 0.15) is 17.3 Å². The van der Waals surface area contributed by atoms with Crippen LogP contribution in [0.25, 0.3) is 6.08 Å². The zero-order chi connectivity index (χ0) is 17.7. The van der Waals surface area contributed by atoms with E-state index in [2.05, 4.69) is 5.32 Å². The molecule has 0 radical (unpaired) electrons. The number of rotatable bonds is 4. The molecule has 1 N–H and O–H groups in total. The van der Waals surface area contributed by atoms with E-state index in [-0.39, 0.29) is 22.0 Å². The van der Waals surface area contributed by atoms with Crippen molar-refractivity contribution in [3.63, 3.8) is 0 Å². The Morgan fingerprint density at radius 3 is 2.54 bits per heavy atom. The van der Waals surface area contributed by atoms with Crippen LogP contribution in [-0.2, 0) is 4.79 Å². The number of carbonyl (C=O) groups is 1. The van der Waals surface area contributed by atoms with Crippen molar-refractivity contribution in [2.75, 3.05) is 5.32 Å². The van der Waals surface area contributed by atoms with Crippen molar-refractivity contribution in [1.82, 2.24) is 0 Å². The van der Waals surface area contributed by atoms with Crippen LogP contribution in [0.1, 0.15) is 11.1 Å². The second-order valence-electron chi connectivity index (χ2n) is 4.95.